The summed E-state index contributed by atoms with van der Waals surface area (Å²) in [6, 6.07) is 0. The summed E-state index contributed by atoms with van der Waals surface area (Å²) < 4.78 is 0. The van der Waals surface area contributed by atoms with E-state index in [4.69, 9.17) is 0 Å². The smallest absolute Gasteiger partial charge is 0.136 e. The zero-order valence-electron chi connectivity index (χ0n) is 4.86. The highest BCUT2D eigenvalue weighted by Crippen LogP contribution is 2.38. The van der Waals surface area contributed by atoms with Crippen molar-refractivity contribution in [3.05, 3.63) is 0 Å². The normalized spacial score (nSPS) is 34.8. The molecule has 0 heterocycles. The zero-order chi connectivity index (χ0) is 6.15. The average molecular weight is 177 g/mol. The minimum Gasteiger partial charge on any atom is -0.299 e. The molecule has 0 spiro atoms. The van der Waals surface area contributed by atoms with E-state index in [1.165, 1.54) is 0 Å². The van der Waals surface area contributed by atoms with Gasteiger partial charge in [0.15, 0.2) is 0 Å². The second-order valence-corrected chi connectivity index (χ2v) is 3.35. The average Bonchev–Trinajstić information content (AvgIpc) is 2.45. The minimum absolute atomic E-state index is 0.361. The van der Waals surface area contributed by atoms with Crippen LogP contribution >= 0.6 is 15.9 Å². The molecule has 0 aromatic rings. The molecular weight excluding hydrogens is 168 g/mol. The largest absolute Gasteiger partial charge is 0.299 e. The van der Waals surface area contributed by atoms with E-state index in [0.29, 0.717) is 22.9 Å². The molecule has 1 fully saturated rings. The summed E-state index contributed by atoms with van der Waals surface area (Å²) in [5.74, 6) is 0.770. The SMILES string of the molecule is CCC(=O)C1CC1Br. The van der Waals surface area contributed by atoms with Crippen LogP contribution in [-0.2, 0) is 4.79 Å². The van der Waals surface area contributed by atoms with Gasteiger partial charge in [-0.25, -0.2) is 0 Å². The van der Waals surface area contributed by atoms with Gasteiger partial charge in [0.05, 0.1) is 0 Å². The monoisotopic (exact) mass is 176 g/mol. The van der Waals surface area contributed by atoms with Crippen molar-refractivity contribution >= 4 is 21.7 Å². The van der Waals surface area contributed by atoms with Gasteiger partial charge in [0.2, 0.25) is 0 Å². The summed E-state index contributed by atoms with van der Waals surface area (Å²) in [7, 11) is 0. The molecule has 0 N–H and O–H groups in total. The Morgan fingerprint density at radius 2 is 2.38 bits per heavy atom. The maximum Gasteiger partial charge on any atom is 0.136 e. The number of carbonyl (C=O) groups excluding carboxylic acids is 1. The Bertz CT molecular complexity index is 111. The molecular formula is C6H9BrO. The summed E-state index contributed by atoms with van der Waals surface area (Å²) in [5.41, 5.74) is 0. The second-order valence-electron chi connectivity index (χ2n) is 2.18. The highest BCUT2D eigenvalue weighted by Gasteiger charge is 2.39. The number of hydrogen-bond acceptors (Lipinski definition) is 1. The summed E-state index contributed by atoms with van der Waals surface area (Å²) in [5, 5.41) is 0. The molecule has 1 saturated carbocycles. The fourth-order valence-corrected chi connectivity index (χ4v) is 1.46. The lowest BCUT2D eigenvalue weighted by molar-refractivity contribution is -0.119. The van der Waals surface area contributed by atoms with Crippen LogP contribution in [-0.4, -0.2) is 10.6 Å². The summed E-state index contributed by atoms with van der Waals surface area (Å²) in [4.78, 5) is 11.3. The van der Waals surface area contributed by atoms with Crippen LogP contribution in [0.3, 0.4) is 0 Å². The van der Waals surface area contributed by atoms with E-state index in [2.05, 4.69) is 15.9 Å². The van der Waals surface area contributed by atoms with Crippen molar-refractivity contribution in [1.29, 1.82) is 0 Å². The molecule has 1 rings (SSSR count). The van der Waals surface area contributed by atoms with Crippen LogP contribution in [0.25, 0.3) is 0 Å². The molecule has 2 heteroatoms. The number of rotatable bonds is 2. The fourth-order valence-electron chi connectivity index (χ4n) is 0.759. The lowest BCUT2D eigenvalue weighted by Crippen LogP contribution is -1.98. The molecule has 0 aromatic heterocycles. The Kier molecular flexibility index (Phi) is 1.71. The third-order valence-electron chi connectivity index (χ3n) is 1.47. The van der Waals surface area contributed by atoms with Gasteiger partial charge in [-0.15, -0.1) is 0 Å². The minimum atomic E-state index is 0.361. The van der Waals surface area contributed by atoms with E-state index in [0.717, 1.165) is 6.42 Å². The maximum absolute atomic E-state index is 10.8. The topological polar surface area (TPSA) is 17.1 Å². The second kappa shape index (κ2) is 2.18. The molecule has 0 aromatic carbocycles. The van der Waals surface area contributed by atoms with Crippen LogP contribution in [0.4, 0.5) is 0 Å². The first-order valence-corrected chi connectivity index (χ1v) is 3.84. The van der Waals surface area contributed by atoms with Crippen molar-refractivity contribution < 1.29 is 4.79 Å². The first kappa shape index (κ1) is 6.27. The number of hydrogen-bond donors (Lipinski definition) is 0. The van der Waals surface area contributed by atoms with Gasteiger partial charge in [-0.05, 0) is 6.42 Å². The Hall–Kier alpha value is 0.150. The van der Waals surface area contributed by atoms with E-state index in [-0.39, 0.29) is 0 Å². The van der Waals surface area contributed by atoms with Crippen molar-refractivity contribution in [2.45, 2.75) is 24.6 Å². The molecule has 2 unspecified atom stereocenters. The van der Waals surface area contributed by atoms with Crippen LogP contribution in [0.5, 0.6) is 0 Å². The molecule has 0 radical (unpaired) electrons. The van der Waals surface area contributed by atoms with E-state index >= 15 is 0 Å². The summed E-state index contributed by atoms with van der Waals surface area (Å²) in [6.45, 7) is 1.92. The highest BCUT2D eigenvalue weighted by molar-refractivity contribution is 9.09. The van der Waals surface area contributed by atoms with E-state index in [1.807, 2.05) is 6.92 Å². The van der Waals surface area contributed by atoms with Gasteiger partial charge in [-0.1, -0.05) is 22.9 Å². The van der Waals surface area contributed by atoms with Crippen molar-refractivity contribution in [3.63, 3.8) is 0 Å². The molecule has 0 amide bonds. The highest BCUT2D eigenvalue weighted by atomic mass is 79.9. The van der Waals surface area contributed by atoms with Gasteiger partial charge in [0, 0.05) is 17.2 Å². The summed E-state index contributed by atoms with van der Waals surface area (Å²) in [6.07, 6.45) is 1.76. The predicted molar refractivity (Wildman–Crippen MR) is 36.1 cm³/mol. The molecule has 0 aliphatic heterocycles. The number of halogens is 1. The Morgan fingerprint density at radius 3 is 2.50 bits per heavy atom. The van der Waals surface area contributed by atoms with Crippen LogP contribution < -0.4 is 0 Å². The zero-order valence-corrected chi connectivity index (χ0v) is 6.44. The third kappa shape index (κ3) is 1.10. The van der Waals surface area contributed by atoms with Gasteiger partial charge in [-0.2, -0.15) is 0 Å². The first-order chi connectivity index (χ1) is 3.75. The predicted octanol–water partition coefficient (Wildman–Crippen LogP) is 1.75. The Morgan fingerprint density at radius 1 is 1.88 bits per heavy atom. The Balaban J connectivity index is 2.28. The number of Topliss-reactive ketones (excluding diaryl/α,β-unsaturated/α-hetero) is 1. The molecule has 2 atom stereocenters. The van der Waals surface area contributed by atoms with Crippen molar-refractivity contribution in [2.75, 3.05) is 0 Å². The number of carbonyl (C=O) groups is 1. The maximum atomic E-state index is 10.8. The number of ketones is 1. The van der Waals surface area contributed by atoms with Gasteiger partial charge in [0.25, 0.3) is 0 Å². The van der Waals surface area contributed by atoms with Crippen LogP contribution in [0, 0.1) is 5.92 Å². The van der Waals surface area contributed by atoms with E-state index in [1.54, 1.807) is 0 Å². The quantitative estimate of drug-likeness (QED) is 0.587. The van der Waals surface area contributed by atoms with Crippen molar-refractivity contribution in [1.82, 2.24) is 0 Å². The van der Waals surface area contributed by atoms with Crippen LogP contribution in [0.2, 0.25) is 0 Å². The molecule has 1 aliphatic rings. The molecule has 0 bridgehead atoms. The molecule has 46 valence electrons. The van der Waals surface area contributed by atoms with E-state index < -0.39 is 0 Å². The van der Waals surface area contributed by atoms with Crippen LogP contribution in [0.1, 0.15) is 19.8 Å². The first-order valence-electron chi connectivity index (χ1n) is 2.92. The molecule has 0 saturated heterocycles. The molecule has 8 heavy (non-hydrogen) atoms. The molecule has 1 aliphatic carbocycles. The van der Waals surface area contributed by atoms with Gasteiger partial charge in [0.1, 0.15) is 5.78 Å². The van der Waals surface area contributed by atoms with Gasteiger partial charge in [-0.3, -0.25) is 4.79 Å². The van der Waals surface area contributed by atoms with Crippen molar-refractivity contribution in [3.8, 4) is 0 Å². The molecule has 1 nitrogen and oxygen atoms in total. The lowest BCUT2D eigenvalue weighted by Gasteiger charge is -1.86. The standard InChI is InChI=1S/C6H9BrO/c1-2-6(8)4-3-5(4)7/h4-5H,2-3H2,1H3. The summed E-state index contributed by atoms with van der Waals surface area (Å²) >= 11 is 3.37. The van der Waals surface area contributed by atoms with Crippen LogP contribution in [0.15, 0.2) is 0 Å². The Labute approximate surface area is 57.6 Å². The lowest BCUT2D eigenvalue weighted by atomic mass is 10.2. The third-order valence-corrected chi connectivity index (χ3v) is 2.49. The van der Waals surface area contributed by atoms with Crippen molar-refractivity contribution in [2.24, 2.45) is 5.92 Å². The van der Waals surface area contributed by atoms with Gasteiger partial charge < -0.3 is 0 Å². The fraction of sp³-hybridized carbons (Fsp3) is 0.833. The van der Waals surface area contributed by atoms with E-state index in [9.17, 15) is 4.79 Å². The van der Waals surface area contributed by atoms with Gasteiger partial charge >= 0.3 is 0 Å². The number of alkyl halides is 1.